The second kappa shape index (κ2) is 20.2. The SMILES string of the molecule is CC(C)c1cccc(C(C)C)c1NCCCN(CCNc1c(C(C)C)cccc1C(C)C)Cc1ccccn1.[Cl-].[Cl-].[Co+2]. The van der Waals surface area contributed by atoms with Crippen LogP contribution in [0.5, 0.6) is 0 Å². The van der Waals surface area contributed by atoms with Gasteiger partial charge in [0, 0.05) is 50.3 Å². The van der Waals surface area contributed by atoms with Crippen molar-refractivity contribution in [2.45, 2.75) is 92.0 Å². The summed E-state index contributed by atoms with van der Waals surface area (Å²) in [4.78, 5) is 7.16. The zero-order valence-corrected chi connectivity index (χ0v) is 29.4. The number of nitrogens with zero attached hydrogens (tertiary/aromatic N) is 2. The van der Waals surface area contributed by atoms with E-state index in [1.54, 1.807) is 0 Å². The van der Waals surface area contributed by atoms with Crippen LogP contribution >= 0.6 is 0 Å². The van der Waals surface area contributed by atoms with Gasteiger partial charge in [-0.05, 0) is 64.5 Å². The summed E-state index contributed by atoms with van der Waals surface area (Å²) in [5.41, 5.74) is 9.45. The molecule has 1 aromatic heterocycles. The molecular weight excluding hydrogens is 606 g/mol. The molecule has 0 bridgehead atoms. The van der Waals surface area contributed by atoms with Crippen molar-refractivity contribution in [3.05, 3.63) is 88.7 Å². The number of anilines is 2. The minimum atomic E-state index is 0. The topological polar surface area (TPSA) is 40.2 Å². The van der Waals surface area contributed by atoms with E-state index in [4.69, 9.17) is 0 Å². The van der Waals surface area contributed by atoms with Crippen molar-refractivity contribution in [2.75, 3.05) is 36.8 Å². The van der Waals surface area contributed by atoms with Crippen LogP contribution in [0.25, 0.3) is 0 Å². The third-order valence-corrected chi connectivity index (χ3v) is 7.54. The van der Waals surface area contributed by atoms with E-state index >= 15 is 0 Å². The molecule has 3 aromatic rings. The molecule has 0 aliphatic rings. The Hall–Kier alpha value is -1.76. The Morgan fingerprint density at radius 1 is 0.595 bits per heavy atom. The molecule has 0 saturated carbocycles. The molecule has 0 spiro atoms. The third-order valence-electron chi connectivity index (χ3n) is 7.54. The standard InChI is InChI=1S/C35H52N4.2ClH.Co/c1-25(2)30-15-11-16-31(26(3)4)34(30)37-20-13-22-39(24-29-14-9-10-19-36-29)23-21-38-35-32(27(5)6)17-12-18-33(35)28(7)8;;;/h9-12,14-19,25-28,37-38H,13,20-24H2,1-8H3;2*1H;/q;;;+2/p-2. The van der Waals surface area contributed by atoms with Gasteiger partial charge in [-0.25, -0.2) is 0 Å². The molecule has 0 aliphatic carbocycles. The van der Waals surface area contributed by atoms with Crippen LogP contribution in [0.15, 0.2) is 60.8 Å². The largest absolute Gasteiger partial charge is 2.00 e. The normalized spacial score (nSPS) is 11.0. The van der Waals surface area contributed by atoms with Crippen LogP contribution in [0.3, 0.4) is 0 Å². The zero-order valence-electron chi connectivity index (χ0n) is 26.8. The van der Waals surface area contributed by atoms with Crippen LogP contribution < -0.4 is 35.4 Å². The molecule has 0 atom stereocenters. The maximum atomic E-state index is 4.62. The third kappa shape index (κ3) is 11.7. The molecule has 3 rings (SSSR count). The van der Waals surface area contributed by atoms with Crippen molar-refractivity contribution in [3.8, 4) is 0 Å². The van der Waals surface area contributed by atoms with E-state index < -0.39 is 0 Å². The summed E-state index contributed by atoms with van der Waals surface area (Å²) >= 11 is 0. The number of nitrogens with one attached hydrogen (secondary N) is 2. The molecule has 4 nitrogen and oxygen atoms in total. The van der Waals surface area contributed by atoms with E-state index in [0.29, 0.717) is 23.7 Å². The average Bonchev–Trinajstić information content (AvgIpc) is 2.90. The van der Waals surface area contributed by atoms with Crippen molar-refractivity contribution in [2.24, 2.45) is 0 Å². The van der Waals surface area contributed by atoms with Gasteiger partial charge in [-0.1, -0.05) is 97.9 Å². The van der Waals surface area contributed by atoms with Gasteiger partial charge >= 0.3 is 16.8 Å². The molecule has 235 valence electrons. The molecule has 1 heterocycles. The number of hydrogen-bond acceptors (Lipinski definition) is 4. The molecule has 42 heavy (non-hydrogen) atoms. The Kier molecular flexibility index (Phi) is 19.4. The number of halogens is 2. The number of aromatic nitrogens is 1. The smallest absolute Gasteiger partial charge is 1.00 e. The Labute approximate surface area is 279 Å². The molecule has 0 fully saturated rings. The quantitative estimate of drug-likeness (QED) is 0.247. The minimum Gasteiger partial charge on any atom is -1.00 e. The fraction of sp³-hybridized carbons (Fsp3) is 0.514. The van der Waals surface area contributed by atoms with Gasteiger partial charge in [-0.3, -0.25) is 9.88 Å². The number of para-hydroxylation sites is 2. The van der Waals surface area contributed by atoms with E-state index in [1.165, 1.54) is 33.6 Å². The van der Waals surface area contributed by atoms with Gasteiger partial charge in [-0.15, -0.1) is 0 Å². The summed E-state index contributed by atoms with van der Waals surface area (Å²) in [6.07, 6.45) is 2.98. The first-order valence-electron chi connectivity index (χ1n) is 15.0. The number of benzene rings is 2. The maximum Gasteiger partial charge on any atom is 2.00 e. The van der Waals surface area contributed by atoms with Gasteiger partial charge < -0.3 is 35.4 Å². The molecule has 7 heteroatoms. The summed E-state index contributed by atoms with van der Waals surface area (Å²) in [6.45, 7) is 23.0. The average molecular weight is 659 g/mol. The molecule has 2 N–H and O–H groups in total. The van der Waals surface area contributed by atoms with Gasteiger partial charge in [0.25, 0.3) is 0 Å². The van der Waals surface area contributed by atoms with Gasteiger partial charge in [0.15, 0.2) is 0 Å². The first-order chi connectivity index (χ1) is 18.7. The number of pyridine rings is 1. The van der Waals surface area contributed by atoms with Gasteiger partial charge in [0.2, 0.25) is 0 Å². The summed E-state index contributed by atoms with van der Waals surface area (Å²) in [7, 11) is 0. The molecule has 0 unspecified atom stereocenters. The maximum absolute atomic E-state index is 4.62. The van der Waals surface area contributed by atoms with E-state index in [9.17, 15) is 0 Å². The van der Waals surface area contributed by atoms with Crippen LogP contribution in [0.2, 0.25) is 0 Å². The van der Waals surface area contributed by atoms with Crippen molar-refractivity contribution in [3.63, 3.8) is 0 Å². The molecule has 0 aliphatic heterocycles. The molecular formula is C35H52Cl2CoN4. The summed E-state index contributed by atoms with van der Waals surface area (Å²) in [5, 5.41) is 7.67. The Balaban J connectivity index is 0.00000560. The van der Waals surface area contributed by atoms with Gasteiger partial charge in [0.05, 0.1) is 5.69 Å². The predicted octanol–water partition coefficient (Wildman–Crippen LogP) is 3.00. The zero-order chi connectivity index (χ0) is 28.4. The Bertz CT molecular complexity index is 1100. The van der Waals surface area contributed by atoms with Crippen LogP contribution in [-0.2, 0) is 23.3 Å². The monoisotopic (exact) mass is 657 g/mol. The summed E-state index contributed by atoms with van der Waals surface area (Å²) in [5.74, 6) is 1.99. The van der Waals surface area contributed by atoms with Crippen LogP contribution in [0, 0.1) is 0 Å². The first kappa shape index (κ1) is 40.2. The fourth-order valence-corrected chi connectivity index (χ4v) is 5.36. The van der Waals surface area contributed by atoms with Crippen LogP contribution in [0.4, 0.5) is 11.4 Å². The fourth-order valence-electron chi connectivity index (χ4n) is 5.36. The molecule has 1 radical (unpaired) electrons. The van der Waals surface area contributed by atoms with Gasteiger partial charge in [0.1, 0.15) is 0 Å². The Morgan fingerprint density at radius 2 is 1.05 bits per heavy atom. The second-order valence-electron chi connectivity index (χ2n) is 12.0. The van der Waals surface area contributed by atoms with Crippen LogP contribution in [-0.4, -0.2) is 36.1 Å². The van der Waals surface area contributed by atoms with Crippen molar-refractivity contribution < 1.29 is 41.6 Å². The number of hydrogen-bond donors (Lipinski definition) is 2. The van der Waals surface area contributed by atoms with Crippen molar-refractivity contribution in [1.29, 1.82) is 0 Å². The minimum absolute atomic E-state index is 0. The molecule has 0 amide bonds. The van der Waals surface area contributed by atoms with E-state index in [1.807, 2.05) is 12.3 Å². The van der Waals surface area contributed by atoms with Crippen molar-refractivity contribution in [1.82, 2.24) is 9.88 Å². The van der Waals surface area contributed by atoms with Crippen molar-refractivity contribution >= 4 is 11.4 Å². The van der Waals surface area contributed by atoms with Gasteiger partial charge in [-0.2, -0.15) is 0 Å². The van der Waals surface area contributed by atoms with E-state index in [0.717, 1.165) is 44.8 Å². The second-order valence-corrected chi connectivity index (χ2v) is 12.0. The number of rotatable bonds is 15. The molecule has 2 aromatic carbocycles. The summed E-state index contributed by atoms with van der Waals surface area (Å²) < 4.78 is 0. The van der Waals surface area contributed by atoms with Crippen LogP contribution in [0.1, 0.15) is 113 Å². The Morgan fingerprint density at radius 3 is 1.45 bits per heavy atom. The first-order valence-corrected chi connectivity index (χ1v) is 15.0. The molecule has 0 saturated heterocycles. The van der Waals surface area contributed by atoms with E-state index in [2.05, 4.69) is 124 Å². The summed E-state index contributed by atoms with van der Waals surface area (Å²) in [6, 6.07) is 19.7. The van der Waals surface area contributed by atoms with E-state index in [-0.39, 0.29) is 41.6 Å². The predicted molar refractivity (Wildman–Crippen MR) is 170 cm³/mol.